The number of hydrogen-bond acceptors (Lipinski definition) is 5. The number of likely N-dealkylation sites (tertiary alicyclic amines) is 1. The number of ether oxygens (including phenoxy) is 2. The van der Waals surface area contributed by atoms with Gasteiger partial charge in [-0.25, -0.2) is 4.98 Å². The topological polar surface area (TPSA) is 85.7 Å². The highest BCUT2D eigenvalue weighted by Gasteiger charge is 2.25. The molecule has 2 heterocycles. The third kappa shape index (κ3) is 4.85. The Morgan fingerprint density at radius 3 is 2.50 bits per heavy atom. The predicted octanol–water partition coefficient (Wildman–Crippen LogP) is 3.80. The molecular formula is C26H32N4O4. The molecule has 1 saturated heterocycles. The van der Waals surface area contributed by atoms with Crippen LogP contribution < -0.4 is 14.8 Å². The van der Waals surface area contributed by atoms with Gasteiger partial charge in [0.1, 0.15) is 12.4 Å². The summed E-state index contributed by atoms with van der Waals surface area (Å²) in [6.45, 7) is 5.87. The summed E-state index contributed by atoms with van der Waals surface area (Å²) in [5.41, 5.74) is 2.12. The number of piperidine rings is 1. The second-order valence-electron chi connectivity index (χ2n) is 8.87. The van der Waals surface area contributed by atoms with Crippen LogP contribution in [0, 0.1) is 5.92 Å². The van der Waals surface area contributed by atoms with E-state index in [2.05, 4.69) is 12.2 Å². The number of nitrogens with one attached hydrogen (secondary N) is 1. The van der Waals surface area contributed by atoms with Crippen molar-refractivity contribution in [1.29, 1.82) is 0 Å². The number of para-hydroxylation sites is 2. The maximum Gasteiger partial charge on any atom is 0.251 e. The van der Waals surface area contributed by atoms with Crippen molar-refractivity contribution in [2.24, 2.45) is 5.92 Å². The van der Waals surface area contributed by atoms with Crippen molar-refractivity contribution in [1.82, 2.24) is 19.8 Å². The molecule has 1 aliphatic heterocycles. The lowest BCUT2D eigenvalue weighted by Crippen LogP contribution is -2.40. The molecule has 0 saturated carbocycles. The summed E-state index contributed by atoms with van der Waals surface area (Å²) in [5, 5.41) is 3.02. The fourth-order valence-electron chi connectivity index (χ4n) is 4.41. The first-order chi connectivity index (χ1) is 16.4. The van der Waals surface area contributed by atoms with E-state index in [0.717, 1.165) is 37.0 Å². The molecule has 2 aromatic carbocycles. The molecule has 1 unspecified atom stereocenters. The Hall–Kier alpha value is -3.55. The second-order valence-corrected chi connectivity index (χ2v) is 8.87. The van der Waals surface area contributed by atoms with Crippen LogP contribution in [-0.2, 0) is 11.3 Å². The Balaban J connectivity index is 1.57. The van der Waals surface area contributed by atoms with Crippen molar-refractivity contribution in [3.05, 3.63) is 53.9 Å². The molecule has 4 rings (SSSR count). The molecule has 0 spiro atoms. The lowest BCUT2D eigenvalue weighted by Gasteiger charge is -2.30. The first-order valence-corrected chi connectivity index (χ1v) is 11.7. The minimum Gasteiger partial charge on any atom is -0.493 e. The number of carbonyl (C=O) groups is 2. The van der Waals surface area contributed by atoms with Crippen LogP contribution in [0.4, 0.5) is 0 Å². The van der Waals surface area contributed by atoms with Crippen molar-refractivity contribution in [2.45, 2.75) is 39.3 Å². The number of aromatic nitrogens is 2. The molecule has 1 fully saturated rings. The highest BCUT2D eigenvalue weighted by atomic mass is 16.5. The number of carbonyl (C=O) groups excluding carboxylic acids is 2. The van der Waals surface area contributed by atoms with Gasteiger partial charge in [-0.15, -0.1) is 0 Å². The number of hydrogen-bond donors (Lipinski definition) is 1. The molecule has 2 amide bonds. The number of nitrogens with zero attached hydrogens (tertiary/aromatic N) is 3. The average molecular weight is 465 g/mol. The maximum atomic E-state index is 13.1. The van der Waals surface area contributed by atoms with Gasteiger partial charge in [0, 0.05) is 18.7 Å². The van der Waals surface area contributed by atoms with Gasteiger partial charge in [0.05, 0.1) is 31.3 Å². The summed E-state index contributed by atoms with van der Waals surface area (Å²) in [6.07, 6.45) is 2.06. The zero-order chi connectivity index (χ0) is 24.2. The lowest BCUT2D eigenvalue weighted by molar-refractivity contribution is -0.133. The quantitative estimate of drug-likeness (QED) is 0.575. The van der Waals surface area contributed by atoms with E-state index in [1.165, 1.54) is 7.11 Å². The number of fused-ring (bicyclic) bond motifs is 1. The minimum atomic E-state index is -0.415. The van der Waals surface area contributed by atoms with Crippen molar-refractivity contribution in [3.8, 4) is 11.5 Å². The monoisotopic (exact) mass is 464 g/mol. The van der Waals surface area contributed by atoms with Crippen LogP contribution in [0.2, 0.25) is 0 Å². The van der Waals surface area contributed by atoms with Crippen LogP contribution in [0.15, 0.2) is 42.5 Å². The first-order valence-electron chi connectivity index (χ1n) is 11.7. The summed E-state index contributed by atoms with van der Waals surface area (Å²) in [6, 6.07) is 12.4. The maximum absolute atomic E-state index is 13.1. The molecular weight excluding hydrogens is 432 g/mol. The van der Waals surface area contributed by atoms with Crippen molar-refractivity contribution in [2.75, 3.05) is 27.3 Å². The SMILES string of the molecule is COc1ccc(C(=O)NC(C)c2nc3ccccc3n2CC(=O)N2CCC(C)CC2)cc1OC. The van der Waals surface area contributed by atoms with Crippen LogP contribution in [0.25, 0.3) is 11.0 Å². The molecule has 1 aromatic heterocycles. The smallest absolute Gasteiger partial charge is 0.251 e. The lowest BCUT2D eigenvalue weighted by atomic mass is 9.99. The highest BCUT2D eigenvalue weighted by molar-refractivity contribution is 5.95. The molecule has 0 aliphatic carbocycles. The minimum absolute atomic E-state index is 0.0784. The van der Waals surface area contributed by atoms with Gasteiger partial charge in [0.25, 0.3) is 5.91 Å². The Morgan fingerprint density at radius 1 is 1.09 bits per heavy atom. The number of methoxy groups -OCH3 is 2. The highest BCUT2D eigenvalue weighted by Crippen LogP contribution is 2.28. The van der Waals surface area contributed by atoms with E-state index >= 15 is 0 Å². The average Bonchev–Trinajstić information content (AvgIpc) is 3.22. The molecule has 8 nitrogen and oxygen atoms in total. The molecule has 0 radical (unpaired) electrons. The van der Waals surface area contributed by atoms with E-state index < -0.39 is 6.04 Å². The van der Waals surface area contributed by atoms with Gasteiger partial charge in [0.15, 0.2) is 11.5 Å². The summed E-state index contributed by atoms with van der Waals surface area (Å²) < 4.78 is 12.5. The van der Waals surface area contributed by atoms with Gasteiger partial charge >= 0.3 is 0 Å². The van der Waals surface area contributed by atoms with E-state index in [4.69, 9.17) is 14.5 Å². The zero-order valence-corrected chi connectivity index (χ0v) is 20.2. The van der Waals surface area contributed by atoms with E-state index in [1.807, 2.05) is 40.7 Å². The first kappa shape index (κ1) is 23.6. The van der Waals surface area contributed by atoms with Crippen molar-refractivity contribution in [3.63, 3.8) is 0 Å². The second kappa shape index (κ2) is 10.2. The Bertz CT molecular complexity index is 1180. The Morgan fingerprint density at radius 2 is 1.79 bits per heavy atom. The van der Waals surface area contributed by atoms with Crippen molar-refractivity contribution >= 4 is 22.8 Å². The molecule has 1 aliphatic rings. The van der Waals surface area contributed by atoms with Crippen LogP contribution in [0.5, 0.6) is 11.5 Å². The number of amides is 2. The van der Waals surface area contributed by atoms with E-state index in [9.17, 15) is 9.59 Å². The summed E-state index contributed by atoms with van der Waals surface area (Å²) in [5.74, 6) is 2.16. The predicted molar refractivity (Wildman–Crippen MR) is 130 cm³/mol. The molecule has 180 valence electrons. The summed E-state index contributed by atoms with van der Waals surface area (Å²) in [4.78, 5) is 32.8. The molecule has 34 heavy (non-hydrogen) atoms. The van der Waals surface area contributed by atoms with Crippen molar-refractivity contribution < 1.29 is 19.1 Å². The van der Waals surface area contributed by atoms with E-state index in [0.29, 0.717) is 28.8 Å². The molecule has 0 bridgehead atoms. The number of rotatable bonds is 7. The number of benzene rings is 2. The Kier molecular flexibility index (Phi) is 7.05. The summed E-state index contributed by atoms with van der Waals surface area (Å²) in [7, 11) is 3.08. The fraction of sp³-hybridized carbons (Fsp3) is 0.423. The van der Waals surface area contributed by atoms with Gasteiger partial charge in [-0.1, -0.05) is 19.1 Å². The summed E-state index contributed by atoms with van der Waals surface area (Å²) >= 11 is 0. The van der Waals surface area contributed by atoms with E-state index in [1.54, 1.807) is 25.3 Å². The van der Waals surface area contributed by atoms with Gasteiger partial charge in [-0.05, 0) is 56.0 Å². The molecule has 8 heteroatoms. The normalized spacial score (nSPS) is 15.2. The van der Waals surface area contributed by atoms with Crippen LogP contribution >= 0.6 is 0 Å². The third-order valence-corrected chi connectivity index (χ3v) is 6.49. The molecule has 1 N–H and O–H groups in total. The standard InChI is InChI=1S/C26H32N4O4/c1-17-11-13-29(14-12-17)24(31)16-30-21-8-6-5-7-20(21)28-25(30)18(2)27-26(32)19-9-10-22(33-3)23(15-19)34-4/h5-10,15,17-18H,11-14,16H2,1-4H3,(H,27,32). The zero-order valence-electron chi connectivity index (χ0n) is 20.2. The van der Waals surface area contributed by atoms with Gasteiger partial charge in [-0.3, -0.25) is 9.59 Å². The van der Waals surface area contributed by atoms with E-state index in [-0.39, 0.29) is 18.4 Å². The van der Waals surface area contributed by atoms with Gasteiger partial charge in [-0.2, -0.15) is 0 Å². The van der Waals surface area contributed by atoms with Crippen LogP contribution in [0.3, 0.4) is 0 Å². The van der Waals surface area contributed by atoms with Gasteiger partial charge < -0.3 is 24.3 Å². The third-order valence-electron chi connectivity index (χ3n) is 6.49. The number of imidazole rings is 1. The Labute approximate surface area is 199 Å². The van der Waals surface area contributed by atoms with Crippen LogP contribution in [-0.4, -0.2) is 53.6 Å². The largest absolute Gasteiger partial charge is 0.493 e. The van der Waals surface area contributed by atoms with Gasteiger partial charge in [0.2, 0.25) is 5.91 Å². The van der Waals surface area contributed by atoms with Crippen LogP contribution in [0.1, 0.15) is 48.9 Å². The fourth-order valence-corrected chi connectivity index (χ4v) is 4.41. The molecule has 3 aromatic rings. The molecule has 1 atom stereocenters.